The molecule has 2 aromatic rings. The van der Waals surface area contributed by atoms with Crippen molar-refractivity contribution in [1.82, 2.24) is 15.1 Å². The highest BCUT2D eigenvalue weighted by molar-refractivity contribution is 5.75. The molecule has 0 atom stereocenters. The maximum absolute atomic E-state index is 11.6. The Kier molecular flexibility index (Phi) is 4.54. The number of carbonyl (C=O) groups is 1. The minimum Gasteiger partial charge on any atom is -0.475 e. The van der Waals surface area contributed by atoms with Gasteiger partial charge in [-0.3, -0.25) is 19.6 Å². The summed E-state index contributed by atoms with van der Waals surface area (Å²) >= 11 is 0. The van der Waals surface area contributed by atoms with Crippen LogP contribution in [0.5, 0.6) is 5.88 Å². The molecule has 9 heteroatoms. The van der Waals surface area contributed by atoms with Gasteiger partial charge < -0.3 is 14.5 Å². The van der Waals surface area contributed by atoms with Crippen LogP contribution in [0.15, 0.2) is 29.0 Å². The van der Waals surface area contributed by atoms with Crippen molar-refractivity contribution < 1.29 is 18.9 Å². The van der Waals surface area contributed by atoms with Crippen LogP contribution in [-0.2, 0) is 17.9 Å². The third kappa shape index (κ3) is 3.81. The van der Waals surface area contributed by atoms with E-state index in [0.717, 1.165) is 0 Å². The van der Waals surface area contributed by atoms with Crippen LogP contribution in [0.2, 0.25) is 0 Å². The number of nitrogens with zero attached hydrogens (tertiary/aromatic N) is 3. The van der Waals surface area contributed by atoms with E-state index < -0.39 is 4.92 Å². The summed E-state index contributed by atoms with van der Waals surface area (Å²) in [6.45, 7) is 0.516. The van der Waals surface area contributed by atoms with Gasteiger partial charge in [-0.05, 0) is 12.1 Å². The first kappa shape index (κ1) is 14.6. The Morgan fingerprint density at radius 3 is 3.00 bits per heavy atom. The van der Waals surface area contributed by atoms with E-state index in [-0.39, 0.29) is 30.4 Å². The summed E-state index contributed by atoms with van der Waals surface area (Å²) in [4.78, 5) is 21.8. The van der Waals surface area contributed by atoms with Crippen molar-refractivity contribution in [2.45, 2.75) is 19.5 Å². The van der Waals surface area contributed by atoms with E-state index in [1.165, 1.54) is 24.3 Å². The number of carbonyl (C=O) groups excluding carboxylic acids is 1. The number of rotatable bonds is 7. The highest BCUT2D eigenvalue weighted by atomic mass is 16.6. The van der Waals surface area contributed by atoms with Gasteiger partial charge in [0.1, 0.15) is 12.0 Å². The Labute approximate surface area is 119 Å². The van der Waals surface area contributed by atoms with E-state index in [4.69, 9.17) is 9.15 Å². The van der Waals surface area contributed by atoms with Gasteiger partial charge in [-0.15, -0.1) is 5.10 Å². The Bertz CT molecular complexity index is 620. The van der Waals surface area contributed by atoms with Crippen molar-refractivity contribution in [3.63, 3.8) is 0 Å². The maximum Gasteiger partial charge on any atom is 0.350 e. The molecule has 2 rings (SSSR count). The zero-order valence-electron chi connectivity index (χ0n) is 11.3. The van der Waals surface area contributed by atoms with E-state index in [0.29, 0.717) is 12.3 Å². The Morgan fingerprint density at radius 1 is 1.62 bits per heavy atom. The fourth-order valence-corrected chi connectivity index (χ4v) is 1.68. The Balaban J connectivity index is 1.85. The number of hydrogen-bond acceptors (Lipinski definition) is 6. The van der Waals surface area contributed by atoms with E-state index >= 15 is 0 Å². The second-order valence-electron chi connectivity index (χ2n) is 4.15. The van der Waals surface area contributed by atoms with Crippen molar-refractivity contribution in [3.8, 4) is 5.88 Å². The summed E-state index contributed by atoms with van der Waals surface area (Å²) in [7, 11) is 1.30. The average Bonchev–Trinajstić information content (AvgIpc) is 3.11. The van der Waals surface area contributed by atoms with Gasteiger partial charge >= 0.3 is 11.6 Å². The number of hydrogen-bond donors (Lipinski definition) is 1. The third-order valence-electron chi connectivity index (χ3n) is 2.71. The molecule has 0 aromatic carbocycles. The van der Waals surface area contributed by atoms with Crippen molar-refractivity contribution in [1.29, 1.82) is 0 Å². The number of amides is 1. The molecule has 0 aliphatic carbocycles. The molecular formula is C12H14N4O5. The van der Waals surface area contributed by atoms with Gasteiger partial charge in [0.2, 0.25) is 5.91 Å². The average molecular weight is 294 g/mol. The standard InChI is InChI=1S/C12H14N4O5/c1-20-12-10(16(18)19)8-15(14-12)5-4-11(17)13-7-9-3-2-6-21-9/h2-3,6,8H,4-5,7H2,1H3,(H,13,17). The molecule has 0 saturated heterocycles. The van der Waals surface area contributed by atoms with Crippen LogP contribution in [0.1, 0.15) is 12.2 Å². The van der Waals surface area contributed by atoms with Gasteiger partial charge in [0.05, 0.1) is 31.4 Å². The van der Waals surface area contributed by atoms with Gasteiger partial charge in [-0.25, -0.2) is 0 Å². The number of methoxy groups -OCH3 is 1. The fourth-order valence-electron chi connectivity index (χ4n) is 1.68. The van der Waals surface area contributed by atoms with E-state index in [2.05, 4.69) is 10.4 Å². The number of aromatic nitrogens is 2. The zero-order chi connectivity index (χ0) is 15.2. The van der Waals surface area contributed by atoms with Gasteiger partial charge in [0, 0.05) is 6.42 Å². The van der Waals surface area contributed by atoms with E-state index in [1.54, 1.807) is 12.1 Å². The molecule has 0 unspecified atom stereocenters. The smallest absolute Gasteiger partial charge is 0.350 e. The normalized spacial score (nSPS) is 10.3. The molecular weight excluding hydrogens is 280 g/mol. The molecule has 112 valence electrons. The summed E-state index contributed by atoms with van der Waals surface area (Å²) in [5.41, 5.74) is -0.228. The number of nitrogens with one attached hydrogen (secondary N) is 1. The summed E-state index contributed by atoms with van der Waals surface area (Å²) < 4.78 is 11.2. The van der Waals surface area contributed by atoms with E-state index in [9.17, 15) is 14.9 Å². The second kappa shape index (κ2) is 6.55. The largest absolute Gasteiger partial charge is 0.475 e. The summed E-state index contributed by atoms with van der Waals surface area (Å²) in [6, 6.07) is 3.48. The van der Waals surface area contributed by atoms with Gasteiger partial charge in [0.25, 0.3) is 0 Å². The molecule has 0 spiro atoms. The first-order valence-electron chi connectivity index (χ1n) is 6.15. The summed E-state index contributed by atoms with van der Waals surface area (Å²) in [5.74, 6) is 0.374. The first-order chi connectivity index (χ1) is 10.1. The lowest BCUT2D eigenvalue weighted by Crippen LogP contribution is -2.23. The first-order valence-corrected chi connectivity index (χ1v) is 6.15. The molecule has 9 nitrogen and oxygen atoms in total. The molecule has 1 N–H and O–H groups in total. The molecule has 0 aliphatic rings. The molecule has 0 saturated carbocycles. The van der Waals surface area contributed by atoms with Crippen LogP contribution in [0.4, 0.5) is 5.69 Å². The molecule has 2 aromatic heterocycles. The predicted octanol–water partition coefficient (Wildman–Crippen LogP) is 1.10. The monoisotopic (exact) mass is 294 g/mol. The molecule has 0 bridgehead atoms. The number of furan rings is 1. The molecule has 1 amide bonds. The fraction of sp³-hybridized carbons (Fsp3) is 0.333. The third-order valence-corrected chi connectivity index (χ3v) is 2.71. The molecule has 0 fully saturated rings. The highest BCUT2D eigenvalue weighted by Gasteiger charge is 2.20. The topological polar surface area (TPSA) is 112 Å². The Hall–Kier alpha value is -2.84. The van der Waals surface area contributed by atoms with Gasteiger partial charge in [-0.2, -0.15) is 0 Å². The van der Waals surface area contributed by atoms with Crippen LogP contribution in [-0.4, -0.2) is 27.7 Å². The van der Waals surface area contributed by atoms with Crippen molar-refractivity contribution in [2.75, 3.05) is 7.11 Å². The summed E-state index contributed by atoms with van der Waals surface area (Å²) in [5, 5.41) is 17.3. The van der Waals surface area contributed by atoms with Crippen LogP contribution < -0.4 is 10.1 Å². The van der Waals surface area contributed by atoms with Gasteiger partial charge in [-0.1, -0.05) is 0 Å². The predicted molar refractivity (Wildman–Crippen MR) is 70.6 cm³/mol. The lowest BCUT2D eigenvalue weighted by atomic mass is 10.3. The quantitative estimate of drug-likeness (QED) is 0.604. The zero-order valence-corrected chi connectivity index (χ0v) is 11.3. The second-order valence-corrected chi connectivity index (χ2v) is 4.15. The minimum atomic E-state index is -0.584. The van der Waals surface area contributed by atoms with Crippen LogP contribution in [0.3, 0.4) is 0 Å². The van der Waals surface area contributed by atoms with Crippen LogP contribution >= 0.6 is 0 Å². The Morgan fingerprint density at radius 2 is 2.43 bits per heavy atom. The van der Waals surface area contributed by atoms with Crippen molar-refractivity contribution >= 4 is 11.6 Å². The van der Waals surface area contributed by atoms with Gasteiger partial charge in [0.15, 0.2) is 0 Å². The highest BCUT2D eigenvalue weighted by Crippen LogP contribution is 2.23. The lowest BCUT2D eigenvalue weighted by molar-refractivity contribution is -0.385. The lowest BCUT2D eigenvalue weighted by Gasteiger charge is -2.03. The number of ether oxygens (including phenoxy) is 1. The molecule has 0 aliphatic heterocycles. The molecule has 21 heavy (non-hydrogen) atoms. The SMILES string of the molecule is COc1nn(CCC(=O)NCc2ccco2)cc1[N+](=O)[O-]. The minimum absolute atomic E-state index is 0.0732. The number of aryl methyl sites for hydroxylation is 1. The molecule has 0 radical (unpaired) electrons. The van der Waals surface area contributed by atoms with E-state index in [1.807, 2.05) is 0 Å². The number of nitro groups is 1. The summed E-state index contributed by atoms with van der Waals surface area (Å²) in [6.07, 6.45) is 2.90. The van der Waals surface area contributed by atoms with Crippen LogP contribution in [0.25, 0.3) is 0 Å². The van der Waals surface area contributed by atoms with Crippen LogP contribution in [0, 0.1) is 10.1 Å². The maximum atomic E-state index is 11.6. The van der Waals surface area contributed by atoms with Crippen molar-refractivity contribution in [3.05, 3.63) is 40.5 Å². The van der Waals surface area contributed by atoms with Crippen molar-refractivity contribution in [2.24, 2.45) is 0 Å². The molecule has 2 heterocycles.